The quantitative estimate of drug-likeness (QED) is 0.344. The van der Waals surface area contributed by atoms with Crippen molar-refractivity contribution in [1.29, 1.82) is 5.26 Å². The third-order valence-corrected chi connectivity index (χ3v) is 6.45. The molecule has 4 N–H and O–H groups in total. The molecule has 0 fully saturated rings. The van der Waals surface area contributed by atoms with Crippen molar-refractivity contribution in [3.8, 4) is 22.9 Å². The van der Waals surface area contributed by atoms with Crippen LogP contribution in [0.2, 0.25) is 0 Å². The van der Waals surface area contributed by atoms with Gasteiger partial charge in [-0.05, 0) is 52.4 Å². The minimum atomic E-state index is -1.41. The van der Waals surface area contributed by atoms with Crippen LogP contribution in [0.3, 0.4) is 0 Å². The van der Waals surface area contributed by atoms with E-state index in [2.05, 4.69) is 16.7 Å². The van der Waals surface area contributed by atoms with Gasteiger partial charge >= 0.3 is 5.97 Å². The first kappa shape index (κ1) is 28.2. The molecule has 0 unspecified atom stereocenters. The molecule has 3 aromatic rings. The number of benzene rings is 2. The van der Waals surface area contributed by atoms with E-state index in [4.69, 9.17) is 5.26 Å². The van der Waals surface area contributed by atoms with Crippen LogP contribution in [0.25, 0.3) is 16.8 Å². The molecule has 0 aliphatic heterocycles. The van der Waals surface area contributed by atoms with Crippen LogP contribution in [0, 0.1) is 22.7 Å². The lowest BCUT2D eigenvalue weighted by Gasteiger charge is -2.32. The fourth-order valence-electron chi connectivity index (χ4n) is 4.27. The highest BCUT2D eigenvalue weighted by molar-refractivity contribution is 5.93. The summed E-state index contributed by atoms with van der Waals surface area (Å²) in [6, 6.07) is 17.7. The van der Waals surface area contributed by atoms with Crippen molar-refractivity contribution < 1.29 is 24.6 Å². The fraction of sp³-hybridized carbons (Fsp3) is 0.310. The second-order valence-corrected chi connectivity index (χ2v) is 10.1. The van der Waals surface area contributed by atoms with Gasteiger partial charge in [-0.15, -0.1) is 0 Å². The van der Waals surface area contributed by atoms with Gasteiger partial charge in [0.05, 0.1) is 30.1 Å². The van der Waals surface area contributed by atoms with Crippen molar-refractivity contribution in [1.82, 2.24) is 15.2 Å². The number of carboxylic acid groups (broad SMARTS) is 1. The van der Waals surface area contributed by atoms with Crippen molar-refractivity contribution in [3.05, 3.63) is 78.1 Å². The lowest BCUT2D eigenvalue weighted by atomic mass is 9.83. The number of nitriles is 1. The molecule has 198 valence electrons. The Morgan fingerprint density at radius 2 is 1.55 bits per heavy atom. The molecule has 0 saturated carbocycles. The number of aliphatic hydroxyl groups is 1. The maximum atomic E-state index is 13.4. The van der Waals surface area contributed by atoms with E-state index in [9.17, 15) is 24.6 Å². The number of amides is 2. The van der Waals surface area contributed by atoms with Crippen LogP contribution in [-0.4, -0.2) is 52.3 Å². The standard InChI is InChI=1S/C29H32N4O5/c1-29(2,3)25(27(36)31-4)32-26(35)24(23(17-34)28(37)38)21-13-14-33(16-21)22-11-9-20(10-12-22)19-7-5-18(15-30)6-8-19/h5-14,16,23-25,34H,17H2,1-4H3,(H,31,36)(H,32,35)(H,37,38)/t23-,24+,25+/m0/s1. The zero-order chi connectivity index (χ0) is 28.0. The predicted octanol–water partition coefficient (Wildman–Crippen LogP) is 3.07. The topological polar surface area (TPSA) is 144 Å². The van der Waals surface area contributed by atoms with Crippen molar-refractivity contribution >= 4 is 17.8 Å². The molecule has 38 heavy (non-hydrogen) atoms. The van der Waals surface area contributed by atoms with E-state index in [0.717, 1.165) is 16.8 Å². The number of carboxylic acids is 1. The molecule has 1 aromatic heterocycles. The Morgan fingerprint density at radius 3 is 2.03 bits per heavy atom. The van der Waals surface area contributed by atoms with Gasteiger partial charge in [-0.1, -0.05) is 45.0 Å². The summed E-state index contributed by atoms with van der Waals surface area (Å²) in [4.78, 5) is 37.9. The zero-order valence-electron chi connectivity index (χ0n) is 21.8. The molecule has 2 amide bonds. The molecule has 2 aromatic carbocycles. The minimum absolute atomic E-state index is 0.393. The van der Waals surface area contributed by atoms with Gasteiger partial charge in [-0.2, -0.15) is 5.26 Å². The molecule has 9 nitrogen and oxygen atoms in total. The van der Waals surface area contributed by atoms with Gasteiger partial charge in [0.15, 0.2) is 0 Å². The average molecular weight is 517 g/mol. The molecule has 9 heteroatoms. The van der Waals surface area contributed by atoms with Crippen LogP contribution in [0.5, 0.6) is 0 Å². The Balaban J connectivity index is 1.92. The van der Waals surface area contributed by atoms with Crippen LogP contribution in [-0.2, 0) is 14.4 Å². The summed E-state index contributed by atoms with van der Waals surface area (Å²) in [5, 5.41) is 33.8. The molecule has 0 radical (unpaired) electrons. The van der Waals surface area contributed by atoms with Gasteiger partial charge in [0.1, 0.15) is 6.04 Å². The first-order valence-corrected chi connectivity index (χ1v) is 12.1. The van der Waals surface area contributed by atoms with Gasteiger partial charge < -0.3 is 25.4 Å². The van der Waals surface area contributed by atoms with E-state index in [-0.39, 0.29) is 0 Å². The summed E-state index contributed by atoms with van der Waals surface area (Å²) in [6.07, 6.45) is 3.36. The van der Waals surface area contributed by atoms with Crippen LogP contribution >= 0.6 is 0 Å². The molecule has 0 aliphatic rings. The third-order valence-electron chi connectivity index (χ3n) is 6.45. The molecule has 1 heterocycles. The van der Waals surface area contributed by atoms with E-state index < -0.39 is 47.7 Å². The SMILES string of the molecule is CNC(=O)[C@@H](NC(=O)[C@H](c1ccn(-c2ccc(-c3ccc(C#N)cc3)cc2)c1)[C@H](CO)C(=O)O)C(C)(C)C. The Hall–Kier alpha value is -4.42. The number of aromatic nitrogens is 1. The number of hydrogen-bond donors (Lipinski definition) is 4. The fourth-order valence-corrected chi connectivity index (χ4v) is 4.27. The predicted molar refractivity (Wildman–Crippen MR) is 142 cm³/mol. The first-order chi connectivity index (χ1) is 18.0. The summed E-state index contributed by atoms with van der Waals surface area (Å²) in [7, 11) is 1.46. The van der Waals surface area contributed by atoms with Gasteiger partial charge in [0.2, 0.25) is 11.8 Å². The number of rotatable bonds is 9. The van der Waals surface area contributed by atoms with Crippen molar-refractivity contribution in [2.75, 3.05) is 13.7 Å². The van der Waals surface area contributed by atoms with Crippen LogP contribution in [0.1, 0.15) is 37.8 Å². The number of aliphatic carboxylic acids is 1. The number of aliphatic hydroxyl groups excluding tert-OH is 1. The normalized spacial score (nSPS) is 13.6. The van der Waals surface area contributed by atoms with Crippen molar-refractivity contribution in [2.45, 2.75) is 32.7 Å². The van der Waals surface area contributed by atoms with E-state index in [0.29, 0.717) is 11.1 Å². The third kappa shape index (κ3) is 6.28. The number of nitrogens with zero attached hydrogens (tertiary/aromatic N) is 2. The monoisotopic (exact) mass is 516 g/mol. The number of hydrogen-bond acceptors (Lipinski definition) is 5. The molecular weight excluding hydrogens is 484 g/mol. The highest BCUT2D eigenvalue weighted by Crippen LogP contribution is 2.29. The maximum Gasteiger partial charge on any atom is 0.309 e. The summed E-state index contributed by atoms with van der Waals surface area (Å²) in [5.74, 6) is -5.02. The maximum absolute atomic E-state index is 13.4. The number of carbonyl (C=O) groups excluding carboxylic acids is 2. The Bertz CT molecular complexity index is 1330. The highest BCUT2D eigenvalue weighted by atomic mass is 16.4. The summed E-state index contributed by atoms with van der Waals surface area (Å²) < 4.78 is 1.76. The summed E-state index contributed by atoms with van der Waals surface area (Å²) >= 11 is 0. The second-order valence-electron chi connectivity index (χ2n) is 10.1. The van der Waals surface area contributed by atoms with Crippen molar-refractivity contribution in [3.63, 3.8) is 0 Å². The van der Waals surface area contributed by atoms with E-state index >= 15 is 0 Å². The highest BCUT2D eigenvalue weighted by Gasteiger charge is 2.39. The number of likely N-dealkylation sites (N-methyl/N-ethyl adjacent to an activating group) is 1. The van der Waals surface area contributed by atoms with E-state index in [1.807, 2.05) is 36.4 Å². The Labute approximate surface area is 221 Å². The van der Waals surface area contributed by atoms with Crippen molar-refractivity contribution in [2.24, 2.45) is 11.3 Å². The van der Waals surface area contributed by atoms with E-state index in [1.54, 1.807) is 55.9 Å². The molecule has 0 aliphatic carbocycles. The van der Waals surface area contributed by atoms with Crippen LogP contribution < -0.4 is 10.6 Å². The number of nitrogens with one attached hydrogen (secondary N) is 2. The Morgan fingerprint density at radius 1 is 0.974 bits per heavy atom. The van der Waals surface area contributed by atoms with Crippen LogP contribution in [0.15, 0.2) is 67.0 Å². The average Bonchev–Trinajstić information content (AvgIpc) is 3.38. The minimum Gasteiger partial charge on any atom is -0.481 e. The molecule has 3 atom stereocenters. The molecule has 0 saturated heterocycles. The lowest BCUT2D eigenvalue weighted by molar-refractivity contribution is -0.147. The van der Waals surface area contributed by atoms with Crippen LogP contribution in [0.4, 0.5) is 0 Å². The molecular formula is C29H32N4O5. The van der Waals surface area contributed by atoms with Gasteiger partial charge in [-0.25, -0.2) is 0 Å². The van der Waals surface area contributed by atoms with Gasteiger partial charge in [-0.3, -0.25) is 14.4 Å². The molecule has 3 rings (SSSR count). The Kier molecular flexibility index (Phi) is 8.71. The number of carbonyl (C=O) groups is 3. The smallest absolute Gasteiger partial charge is 0.309 e. The molecule has 0 spiro atoms. The lowest BCUT2D eigenvalue weighted by Crippen LogP contribution is -2.54. The molecule has 0 bridgehead atoms. The van der Waals surface area contributed by atoms with Gasteiger partial charge in [0, 0.05) is 25.1 Å². The largest absolute Gasteiger partial charge is 0.481 e. The summed E-state index contributed by atoms with van der Waals surface area (Å²) in [6.45, 7) is 4.63. The van der Waals surface area contributed by atoms with E-state index in [1.165, 1.54) is 7.05 Å². The summed E-state index contributed by atoms with van der Waals surface area (Å²) in [5.41, 5.74) is 3.02. The second kappa shape index (κ2) is 11.8. The zero-order valence-corrected chi connectivity index (χ0v) is 21.8. The van der Waals surface area contributed by atoms with Gasteiger partial charge in [0.25, 0.3) is 0 Å². The first-order valence-electron chi connectivity index (χ1n) is 12.1.